The number of nitrogens with zero attached hydrogens (tertiary/aromatic N) is 1. The molecule has 16 heavy (non-hydrogen) atoms. The Bertz CT molecular complexity index is 400. The highest BCUT2D eigenvalue weighted by Gasteiger charge is 2.17. The summed E-state index contributed by atoms with van der Waals surface area (Å²) in [6.45, 7) is 2.44. The van der Waals surface area contributed by atoms with Gasteiger partial charge in [0, 0.05) is 12.1 Å². The smallest absolute Gasteiger partial charge is 0.338 e. The van der Waals surface area contributed by atoms with Gasteiger partial charge >= 0.3 is 5.97 Å². The fourth-order valence-corrected chi connectivity index (χ4v) is 2.05. The molecule has 1 aliphatic heterocycles. The lowest BCUT2D eigenvalue weighted by Crippen LogP contribution is -2.19. The van der Waals surface area contributed by atoms with Crippen molar-refractivity contribution in [3.63, 3.8) is 0 Å². The van der Waals surface area contributed by atoms with E-state index in [4.69, 9.17) is 5.11 Å². The molecule has 1 aliphatic rings. The topological polar surface area (TPSA) is 40.5 Å². The van der Waals surface area contributed by atoms with E-state index in [-0.39, 0.29) is 5.56 Å². The average molecular weight is 223 g/mol. The van der Waals surface area contributed by atoms with Crippen molar-refractivity contribution in [3.05, 3.63) is 35.1 Å². The SMILES string of the molecule is O=C(O)c1cccc(CN2CCCC2)c1F. The average Bonchev–Trinajstić information content (AvgIpc) is 2.73. The van der Waals surface area contributed by atoms with Gasteiger partial charge in [0.15, 0.2) is 0 Å². The van der Waals surface area contributed by atoms with Crippen molar-refractivity contribution < 1.29 is 14.3 Å². The van der Waals surface area contributed by atoms with Crippen LogP contribution in [0, 0.1) is 5.82 Å². The van der Waals surface area contributed by atoms with E-state index in [0.717, 1.165) is 25.9 Å². The largest absolute Gasteiger partial charge is 0.478 e. The van der Waals surface area contributed by atoms with Crippen molar-refractivity contribution in [2.45, 2.75) is 19.4 Å². The van der Waals surface area contributed by atoms with Gasteiger partial charge in [-0.3, -0.25) is 4.90 Å². The minimum Gasteiger partial charge on any atom is -0.478 e. The minimum atomic E-state index is -1.21. The molecule has 0 aromatic heterocycles. The first-order valence-corrected chi connectivity index (χ1v) is 5.41. The van der Waals surface area contributed by atoms with Crippen molar-refractivity contribution in [2.75, 3.05) is 13.1 Å². The molecule has 0 saturated carbocycles. The van der Waals surface area contributed by atoms with E-state index in [2.05, 4.69) is 4.90 Å². The van der Waals surface area contributed by atoms with E-state index in [1.54, 1.807) is 12.1 Å². The number of carboxylic acids is 1. The summed E-state index contributed by atoms with van der Waals surface area (Å²) >= 11 is 0. The number of benzene rings is 1. The van der Waals surface area contributed by atoms with Gasteiger partial charge in [0.05, 0.1) is 5.56 Å². The molecular weight excluding hydrogens is 209 g/mol. The molecule has 1 N–H and O–H groups in total. The molecule has 0 bridgehead atoms. The first kappa shape index (κ1) is 11.1. The maximum atomic E-state index is 13.8. The summed E-state index contributed by atoms with van der Waals surface area (Å²) in [5.41, 5.74) is 0.235. The van der Waals surface area contributed by atoms with Gasteiger partial charge in [-0.15, -0.1) is 0 Å². The van der Waals surface area contributed by atoms with Crippen molar-refractivity contribution in [2.24, 2.45) is 0 Å². The maximum Gasteiger partial charge on any atom is 0.338 e. The molecule has 1 fully saturated rings. The second-order valence-electron chi connectivity index (χ2n) is 4.07. The summed E-state index contributed by atoms with van der Waals surface area (Å²) in [7, 11) is 0. The molecule has 1 heterocycles. The van der Waals surface area contributed by atoms with Gasteiger partial charge in [0.25, 0.3) is 0 Å². The molecule has 0 amide bonds. The molecule has 1 saturated heterocycles. The summed E-state index contributed by atoms with van der Waals surface area (Å²) in [6.07, 6.45) is 2.28. The number of likely N-dealkylation sites (tertiary alicyclic amines) is 1. The van der Waals surface area contributed by atoms with E-state index >= 15 is 0 Å². The zero-order valence-electron chi connectivity index (χ0n) is 8.95. The number of hydrogen-bond acceptors (Lipinski definition) is 2. The molecular formula is C12H14FNO2. The Balaban J connectivity index is 2.20. The number of aromatic carboxylic acids is 1. The van der Waals surface area contributed by atoms with Crippen molar-refractivity contribution in [1.29, 1.82) is 0 Å². The maximum absolute atomic E-state index is 13.8. The summed E-state index contributed by atoms with van der Waals surface area (Å²) in [5.74, 6) is -1.80. The lowest BCUT2D eigenvalue weighted by molar-refractivity contribution is 0.0691. The van der Waals surface area contributed by atoms with E-state index in [1.165, 1.54) is 6.07 Å². The number of halogens is 1. The van der Waals surface area contributed by atoms with Crippen LogP contribution in [0.25, 0.3) is 0 Å². The predicted molar refractivity (Wildman–Crippen MR) is 57.9 cm³/mol. The molecule has 0 unspecified atom stereocenters. The zero-order valence-corrected chi connectivity index (χ0v) is 8.95. The fraction of sp³-hybridized carbons (Fsp3) is 0.417. The van der Waals surface area contributed by atoms with Gasteiger partial charge in [-0.05, 0) is 32.0 Å². The first-order valence-electron chi connectivity index (χ1n) is 5.41. The Labute approximate surface area is 93.5 Å². The summed E-state index contributed by atoms with van der Waals surface area (Å²) in [4.78, 5) is 12.9. The van der Waals surface area contributed by atoms with Gasteiger partial charge < -0.3 is 5.11 Å². The molecule has 86 valence electrons. The highest BCUT2D eigenvalue weighted by atomic mass is 19.1. The number of rotatable bonds is 3. The Hall–Kier alpha value is -1.42. The summed E-state index contributed by atoms with van der Waals surface area (Å²) in [5, 5.41) is 8.80. The summed E-state index contributed by atoms with van der Waals surface area (Å²) < 4.78 is 13.8. The van der Waals surface area contributed by atoms with Gasteiger partial charge in [-0.2, -0.15) is 0 Å². The van der Waals surface area contributed by atoms with Crippen LogP contribution in [0.15, 0.2) is 18.2 Å². The van der Waals surface area contributed by atoms with Crippen LogP contribution in [0.1, 0.15) is 28.8 Å². The van der Waals surface area contributed by atoms with Crippen LogP contribution in [-0.4, -0.2) is 29.1 Å². The molecule has 3 nitrogen and oxygen atoms in total. The lowest BCUT2D eigenvalue weighted by atomic mass is 10.1. The normalized spacial score (nSPS) is 16.6. The van der Waals surface area contributed by atoms with Gasteiger partial charge in [0.2, 0.25) is 0 Å². The van der Waals surface area contributed by atoms with E-state index < -0.39 is 11.8 Å². The van der Waals surface area contributed by atoms with E-state index in [9.17, 15) is 9.18 Å². The molecule has 1 aromatic rings. The molecule has 0 aliphatic carbocycles. The Morgan fingerprint density at radius 3 is 2.69 bits per heavy atom. The minimum absolute atomic E-state index is 0.239. The Kier molecular flexibility index (Phi) is 3.19. The van der Waals surface area contributed by atoms with E-state index in [1.807, 2.05) is 0 Å². The molecule has 4 heteroatoms. The van der Waals surface area contributed by atoms with Crippen LogP contribution in [-0.2, 0) is 6.54 Å². The van der Waals surface area contributed by atoms with Crippen LogP contribution in [0.3, 0.4) is 0 Å². The van der Waals surface area contributed by atoms with Gasteiger partial charge in [-0.1, -0.05) is 12.1 Å². The van der Waals surface area contributed by atoms with Crippen LogP contribution >= 0.6 is 0 Å². The van der Waals surface area contributed by atoms with E-state index in [0.29, 0.717) is 12.1 Å². The number of carboxylic acid groups (broad SMARTS) is 1. The third-order valence-electron chi connectivity index (χ3n) is 2.90. The quantitative estimate of drug-likeness (QED) is 0.853. The number of hydrogen-bond donors (Lipinski definition) is 1. The van der Waals surface area contributed by atoms with Crippen LogP contribution in [0.4, 0.5) is 4.39 Å². The standard InChI is InChI=1S/C12H14FNO2/c13-11-9(8-14-6-1-2-7-14)4-3-5-10(11)12(15)16/h3-5H,1-2,6-8H2,(H,15,16). The van der Waals surface area contributed by atoms with Crippen molar-refractivity contribution in [3.8, 4) is 0 Å². The van der Waals surface area contributed by atoms with Crippen LogP contribution in [0.5, 0.6) is 0 Å². The Morgan fingerprint density at radius 1 is 1.38 bits per heavy atom. The first-order chi connectivity index (χ1) is 7.68. The van der Waals surface area contributed by atoms with Gasteiger partial charge in [0.1, 0.15) is 5.82 Å². The molecule has 2 rings (SSSR count). The third kappa shape index (κ3) is 2.22. The highest BCUT2D eigenvalue weighted by molar-refractivity contribution is 5.88. The predicted octanol–water partition coefficient (Wildman–Crippen LogP) is 2.12. The highest BCUT2D eigenvalue weighted by Crippen LogP contribution is 2.17. The van der Waals surface area contributed by atoms with Crippen molar-refractivity contribution in [1.82, 2.24) is 4.90 Å². The molecule has 1 aromatic carbocycles. The molecule has 0 radical (unpaired) electrons. The Morgan fingerprint density at radius 2 is 2.06 bits per heavy atom. The summed E-state index contributed by atoms with van der Waals surface area (Å²) in [6, 6.07) is 4.54. The lowest BCUT2D eigenvalue weighted by Gasteiger charge is -2.15. The number of carbonyl (C=O) groups is 1. The van der Waals surface area contributed by atoms with Crippen LogP contribution in [0.2, 0.25) is 0 Å². The molecule has 0 spiro atoms. The third-order valence-corrected chi connectivity index (χ3v) is 2.90. The molecule has 0 atom stereocenters. The zero-order chi connectivity index (χ0) is 11.5. The van der Waals surface area contributed by atoms with Crippen LogP contribution < -0.4 is 0 Å². The van der Waals surface area contributed by atoms with Gasteiger partial charge in [-0.25, -0.2) is 9.18 Å². The second-order valence-corrected chi connectivity index (χ2v) is 4.07. The fourth-order valence-electron chi connectivity index (χ4n) is 2.05. The monoisotopic (exact) mass is 223 g/mol. The van der Waals surface area contributed by atoms with Crippen molar-refractivity contribution >= 4 is 5.97 Å². The second kappa shape index (κ2) is 4.61.